The van der Waals surface area contributed by atoms with Gasteiger partial charge in [-0.3, -0.25) is 0 Å². The van der Waals surface area contributed by atoms with Crippen LogP contribution in [0.2, 0.25) is 0 Å². The minimum absolute atomic E-state index is 0.0119. The lowest BCUT2D eigenvalue weighted by Gasteiger charge is -2.26. The van der Waals surface area contributed by atoms with E-state index in [2.05, 4.69) is 0 Å². The van der Waals surface area contributed by atoms with Crippen molar-refractivity contribution < 1.29 is 18.3 Å². The first-order valence-electron chi connectivity index (χ1n) is 7.21. The van der Waals surface area contributed by atoms with Gasteiger partial charge in [-0.25, -0.2) is 17.5 Å². The normalized spacial score (nSPS) is 17.0. The fourth-order valence-electron chi connectivity index (χ4n) is 2.80. The topological polar surface area (TPSA) is 74.7 Å². The van der Waals surface area contributed by atoms with E-state index in [0.29, 0.717) is 12.5 Å². The molecule has 0 bridgehead atoms. The first-order valence-corrected chi connectivity index (χ1v) is 8.65. The molecule has 0 aromatic heterocycles. The van der Waals surface area contributed by atoms with Gasteiger partial charge in [0.2, 0.25) is 10.0 Å². The molecule has 0 spiro atoms. The van der Waals surface area contributed by atoms with E-state index in [1.807, 2.05) is 0 Å². The second-order valence-electron chi connectivity index (χ2n) is 5.62. The van der Waals surface area contributed by atoms with E-state index in [4.69, 9.17) is 5.11 Å². The molecular weight excluding hydrogens is 290 g/mol. The number of carboxylic acid groups (broad SMARTS) is 1. The maximum atomic E-state index is 12.5. The molecule has 1 aliphatic rings. The number of carboxylic acids is 1. The highest BCUT2D eigenvalue weighted by atomic mass is 32.2. The van der Waals surface area contributed by atoms with E-state index in [1.165, 1.54) is 35.0 Å². The van der Waals surface area contributed by atoms with Crippen molar-refractivity contribution in [1.29, 1.82) is 0 Å². The minimum Gasteiger partial charge on any atom is -0.478 e. The summed E-state index contributed by atoms with van der Waals surface area (Å²) in [6.07, 6.45) is 5.68. The molecule has 0 radical (unpaired) electrons. The lowest BCUT2D eigenvalue weighted by molar-refractivity contribution is 0.0696. The Kier molecular flexibility index (Phi) is 5.00. The molecule has 1 aliphatic carbocycles. The van der Waals surface area contributed by atoms with Crippen LogP contribution in [0.5, 0.6) is 0 Å². The van der Waals surface area contributed by atoms with Gasteiger partial charge < -0.3 is 5.11 Å². The van der Waals surface area contributed by atoms with E-state index in [9.17, 15) is 13.2 Å². The molecule has 1 aromatic rings. The summed E-state index contributed by atoms with van der Waals surface area (Å²) in [5.74, 6) is -0.719. The van der Waals surface area contributed by atoms with Gasteiger partial charge in [-0.2, -0.15) is 0 Å². The number of rotatable bonds is 5. The molecule has 1 saturated carbocycles. The third-order valence-electron chi connectivity index (χ3n) is 4.03. The van der Waals surface area contributed by atoms with Gasteiger partial charge in [0.25, 0.3) is 0 Å². The second kappa shape index (κ2) is 6.58. The summed E-state index contributed by atoms with van der Waals surface area (Å²) < 4.78 is 26.4. The van der Waals surface area contributed by atoms with Crippen LogP contribution in [0.15, 0.2) is 29.2 Å². The van der Waals surface area contributed by atoms with Crippen LogP contribution in [-0.4, -0.2) is 37.4 Å². The number of aromatic carboxylic acids is 1. The molecule has 0 amide bonds. The fraction of sp³-hybridized carbons (Fsp3) is 0.533. The predicted molar refractivity (Wildman–Crippen MR) is 79.8 cm³/mol. The number of nitrogens with zero attached hydrogens (tertiary/aromatic N) is 1. The molecule has 21 heavy (non-hydrogen) atoms. The van der Waals surface area contributed by atoms with Gasteiger partial charge in [0.15, 0.2) is 0 Å². The van der Waals surface area contributed by atoms with Crippen molar-refractivity contribution in [2.24, 2.45) is 5.92 Å². The average Bonchev–Trinajstić information content (AvgIpc) is 2.48. The highest BCUT2D eigenvalue weighted by molar-refractivity contribution is 7.89. The molecule has 0 unspecified atom stereocenters. The van der Waals surface area contributed by atoms with Gasteiger partial charge >= 0.3 is 5.97 Å². The Bertz CT molecular complexity index is 606. The third-order valence-corrected chi connectivity index (χ3v) is 5.85. The van der Waals surface area contributed by atoms with Crippen molar-refractivity contribution in [2.75, 3.05) is 13.6 Å². The van der Waals surface area contributed by atoms with Crippen molar-refractivity contribution >= 4 is 16.0 Å². The summed E-state index contributed by atoms with van der Waals surface area (Å²) in [5, 5.41) is 8.97. The quantitative estimate of drug-likeness (QED) is 0.907. The molecule has 0 heterocycles. The maximum absolute atomic E-state index is 12.5. The largest absolute Gasteiger partial charge is 0.478 e. The van der Waals surface area contributed by atoms with Gasteiger partial charge in [0, 0.05) is 13.6 Å². The van der Waals surface area contributed by atoms with E-state index in [0.717, 1.165) is 25.7 Å². The van der Waals surface area contributed by atoms with Gasteiger partial charge in [0.1, 0.15) is 0 Å². The first-order chi connectivity index (χ1) is 9.91. The van der Waals surface area contributed by atoms with Crippen molar-refractivity contribution in [2.45, 2.75) is 37.0 Å². The number of hydrogen-bond acceptors (Lipinski definition) is 3. The molecule has 5 nitrogen and oxygen atoms in total. The molecule has 1 fully saturated rings. The molecule has 0 atom stereocenters. The van der Waals surface area contributed by atoms with Crippen LogP contribution in [0, 0.1) is 5.92 Å². The summed E-state index contributed by atoms with van der Waals surface area (Å²) in [7, 11) is -2.06. The average molecular weight is 311 g/mol. The molecular formula is C15H21NO4S. The molecule has 2 rings (SSSR count). The lowest BCUT2D eigenvalue weighted by atomic mass is 9.89. The SMILES string of the molecule is CN(CC1CCCCC1)S(=O)(=O)c1cccc(C(=O)O)c1. The molecule has 1 aromatic carbocycles. The highest BCUT2D eigenvalue weighted by Crippen LogP contribution is 2.26. The van der Waals surface area contributed by atoms with Gasteiger partial charge in [-0.1, -0.05) is 25.3 Å². The summed E-state index contributed by atoms with van der Waals surface area (Å²) in [4.78, 5) is 11.0. The lowest BCUT2D eigenvalue weighted by Crippen LogP contribution is -2.32. The standard InChI is InChI=1S/C15H21NO4S/c1-16(11-12-6-3-2-4-7-12)21(19,20)14-9-5-8-13(10-14)15(17)18/h5,8-10,12H,2-4,6-7,11H2,1H3,(H,17,18). The Morgan fingerprint density at radius 2 is 1.95 bits per heavy atom. The van der Waals surface area contributed by atoms with Crippen LogP contribution in [0.1, 0.15) is 42.5 Å². The Hall–Kier alpha value is -1.40. The number of benzene rings is 1. The van der Waals surface area contributed by atoms with Gasteiger partial charge in [-0.15, -0.1) is 0 Å². The molecule has 0 aliphatic heterocycles. The predicted octanol–water partition coefficient (Wildman–Crippen LogP) is 2.59. The van der Waals surface area contributed by atoms with E-state index in [-0.39, 0.29) is 10.5 Å². The summed E-state index contributed by atoms with van der Waals surface area (Å²) in [5.41, 5.74) is -0.0119. The molecule has 116 valence electrons. The summed E-state index contributed by atoms with van der Waals surface area (Å²) in [6.45, 7) is 0.500. The second-order valence-corrected chi connectivity index (χ2v) is 7.67. The fourth-order valence-corrected chi connectivity index (χ4v) is 4.09. The molecule has 1 N–H and O–H groups in total. The van der Waals surface area contributed by atoms with Crippen molar-refractivity contribution in [3.05, 3.63) is 29.8 Å². The van der Waals surface area contributed by atoms with Gasteiger partial charge in [-0.05, 0) is 37.0 Å². The molecule has 0 saturated heterocycles. The van der Waals surface area contributed by atoms with Crippen molar-refractivity contribution in [3.63, 3.8) is 0 Å². The zero-order valence-electron chi connectivity index (χ0n) is 12.2. The third kappa shape index (κ3) is 3.83. The Morgan fingerprint density at radius 1 is 1.29 bits per heavy atom. The van der Waals surface area contributed by atoms with E-state index in [1.54, 1.807) is 7.05 Å². The van der Waals surface area contributed by atoms with Crippen LogP contribution >= 0.6 is 0 Å². The van der Waals surface area contributed by atoms with Crippen LogP contribution in [0.4, 0.5) is 0 Å². The van der Waals surface area contributed by atoms with Crippen molar-refractivity contribution in [3.8, 4) is 0 Å². The Labute approximate surface area is 125 Å². The van der Waals surface area contributed by atoms with Crippen molar-refractivity contribution in [1.82, 2.24) is 4.31 Å². The zero-order valence-corrected chi connectivity index (χ0v) is 13.0. The van der Waals surface area contributed by atoms with Crippen LogP contribution in [0.25, 0.3) is 0 Å². The van der Waals surface area contributed by atoms with Gasteiger partial charge in [0.05, 0.1) is 10.5 Å². The van der Waals surface area contributed by atoms with Crippen LogP contribution in [-0.2, 0) is 10.0 Å². The Morgan fingerprint density at radius 3 is 2.57 bits per heavy atom. The number of sulfonamides is 1. The van der Waals surface area contributed by atoms with E-state index < -0.39 is 16.0 Å². The zero-order chi connectivity index (χ0) is 15.5. The first kappa shape index (κ1) is 16.0. The smallest absolute Gasteiger partial charge is 0.335 e. The number of carbonyl (C=O) groups is 1. The highest BCUT2D eigenvalue weighted by Gasteiger charge is 2.25. The maximum Gasteiger partial charge on any atom is 0.335 e. The van der Waals surface area contributed by atoms with Crippen LogP contribution < -0.4 is 0 Å². The van der Waals surface area contributed by atoms with Crippen LogP contribution in [0.3, 0.4) is 0 Å². The minimum atomic E-state index is -3.62. The summed E-state index contributed by atoms with van der Waals surface area (Å²) >= 11 is 0. The number of hydrogen-bond donors (Lipinski definition) is 1. The monoisotopic (exact) mass is 311 g/mol. The summed E-state index contributed by atoms with van der Waals surface area (Å²) in [6, 6.07) is 5.52. The Balaban J connectivity index is 2.16. The molecule has 6 heteroatoms. The van der Waals surface area contributed by atoms with E-state index >= 15 is 0 Å².